The second-order valence-corrected chi connectivity index (χ2v) is 5.76. The molecule has 25 heavy (non-hydrogen) atoms. The fourth-order valence-corrected chi connectivity index (χ4v) is 2.49. The van der Waals surface area contributed by atoms with Crippen molar-refractivity contribution in [3.63, 3.8) is 0 Å². The number of aryl methyl sites for hydroxylation is 2. The van der Waals surface area contributed by atoms with E-state index >= 15 is 0 Å². The van der Waals surface area contributed by atoms with E-state index < -0.39 is 0 Å². The van der Waals surface area contributed by atoms with Crippen LogP contribution in [0, 0.1) is 13.8 Å². The lowest BCUT2D eigenvalue weighted by Gasteiger charge is -2.11. The molecule has 5 heteroatoms. The van der Waals surface area contributed by atoms with Gasteiger partial charge < -0.3 is 18.9 Å². The van der Waals surface area contributed by atoms with Crippen LogP contribution in [0.2, 0.25) is 0 Å². The van der Waals surface area contributed by atoms with Gasteiger partial charge in [0.2, 0.25) is 0 Å². The van der Waals surface area contributed by atoms with Crippen molar-refractivity contribution in [2.24, 2.45) is 0 Å². The Balaban J connectivity index is 1.82. The van der Waals surface area contributed by atoms with Gasteiger partial charge in [-0.3, -0.25) is 4.79 Å². The Morgan fingerprint density at radius 2 is 1.64 bits per heavy atom. The number of methoxy groups -OCH3 is 2. The monoisotopic (exact) mass is 344 g/mol. The summed E-state index contributed by atoms with van der Waals surface area (Å²) in [6.07, 6.45) is 0.180. The van der Waals surface area contributed by atoms with Crippen LogP contribution in [0.5, 0.6) is 17.2 Å². The highest BCUT2D eigenvalue weighted by Gasteiger charge is 2.09. The summed E-state index contributed by atoms with van der Waals surface area (Å²) in [5.41, 5.74) is 3.01. The lowest BCUT2D eigenvalue weighted by molar-refractivity contribution is -0.145. The van der Waals surface area contributed by atoms with Gasteiger partial charge in [0.25, 0.3) is 0 Å². The normalized spacial score (nSPS) is 10.2. The largest absolute Gasteiger partial charge is 0.497 e. The fourth-order valence-electron chi connectivity index (χ4n) is 2.49. The van der Waals surface area contributed by atoms with Crippen molar-refractivity contribution in [3.8, 4) is 17.2 Å². The number of rotatable bonds is 8. The van der Waals surface area contributed by atoms with Crippen molar-refractivity contribution >= 4 is 5.97 Å². The Morgan fingerprint density at radius 3 is 2.28 bits per heavy atom. The molecular formula is C20H24O5. The van der Waals surface area contributed by atoms with Gasteiger partial charge >= 0.3 is 5.97 Å². The first kappa shape index (κ1) is 18.6. The van der Waals surface area contributed by atoms with Gasteiger partial charge in [-0.05, 0) is 55.3 Å². The topological polar surface area (TPSA) is 54.0 Å². The maximum Gasteiger partial charge on any atom is 0.309 e. The average molecular weight is 344 g/mol. The first-order valence-corrected chi connectivity index (χ1v) is 8.09. The lowest BCUT2D eigenvalue weighted by Crippen LogP contribution is -2.10. The number of carbonyl (C=O) groups is 1. The first-order valence-electron chi connectivity index (χ1n) is 8.09. The molecule has 0 fully saturated rings. The predicted octanol–water partition coefficient (Wildman–Crippen LogP) is 3.83. The van der Waals surface area contributed by atoms with Crippen LogP contribution in [0.1, 0.15) is 23.1 Å². The minimum absolute atomic E-state index is 0.128. The van der Waals surface area contributed by atoms with E-state index in [0.29, 0.717) is 11.5 Å². The quantitative estimate of drug-likeness (QED) is 0.681. The van der Waals surface area contributed by atoms with E-state index in [1.54, 1.807) is 32.4 Å². The summed E-state index contributed by atoms with van der Waals surface area (Å²) in [5, 5.41) is 0. The Morgan fingerprint density at radius 1 is 0.920 bits per heavy atom. The van der Waals surface area contributed by atoms with E-state index in [0.717, 1.165) is 22.4 Å². The maximum absolute atomic E-state index is 11.9. The van der Waals surface area contributed by atoms with Crippen LogP contribution in [0.3, 0.4) is 0 Å². The van der Waals surface area contributed by atoms with Crippen LogP contribution in [0.4, 0.5) is 0 Å². The maximum atomic E-state index is 11.9. The van der Waals surface area contributed by atoms with Gasteiger partial charge in [-0.1, -0.05) is 6.07 Å². The number of esters is 1. The number of carbonyl (C=O) groups excluding carboxylic acids is 1. The third kappa shape index (κ3) is 5.71. The smallest absolute Gasteiger partial charge is 0.309 e. The molecule has 0 aliphatic carbocycles. The van der Waals surface area contributed by atoms with Gasteiger partial charge in [-0.2, -0.15) is 0 Å². The predicted molar refractivity (Wildman–Crippen MR) is 95.4 cm³/mol. The molecule has 0 atom stereocenters. The Labute approximate surface area is 148 Å². The van der Waals surface area contributed by atoms with Crippen molar-refractivity contribution in [2.45, 2.75) is 26.9 Å². The molecule has 0 amide bonds. The van der Waals surface area contributed by atoms with Gasteiger partial charge in [0.05, 0.1) is 27.2 Å². The van der Waals surface area contributed by atoms with E-state index in [-0.39, 0.29) is 25.6 Å². The summed E-state index contributed by atoms with van der Waals surface area (Å²) in [6, 6.07) is 11.3. The summed E-state index contributed by atoms with van der Waals surface area (Å²) < 4.78 is 21.4. The number of hydrogen-bond donors (Lipinski definition) is 0. The molecule has 0 heterocycles. The third-order valence-corrected chi connectivity index (χ3v) is 3.65. The zero-order chi connectivity index (χ0) is 18.2. The molecule has 0 unspecified atom stereocenters. The molecule has 2 rings (SSSR count). The molecule has 0 radical (unpaired) electrons. The molecule has 2 aromatic rings. The van der Waals surface area contributed by atoms with Gasteiger partial charge in [0.1, 0.15) is 23.9 Å². The first-order chi connectivity index (χ1) is 12.0. The van der Waals surface area contributed by atoms with Crippen LogP contribution >= 0.6 is 0 Å². The zero-order valence-corrected chi connectivity index (χ0v) is 15.1. The number of ether oxygens (including phenoxy) is 4. The molecule has 5 nitrogen and oxygen atoms in total. The van der Waals surface area contributed by atoms with Crippen LogP contribution in [-0.2, 0) is 16.1 Å². The second kappa shape index (κ2) is 8.97. The third-order valence-electron chi connectivity index (χ3n) is 3.65. The Hall–Kier alpha value is -2.69. The standard InChI is InChI=1S/C20H24O5/c1-14-9-15(2)11-18(10-14)24-8-7-20(21)25-13-16-12-17(22-3)5-6-19(16)23-4/h5-6,9-12H,7-8,13H2,1-4H3. The average Bonchev–Trinajstić information content (AvgIpc) is 2.58. The Bertz CT molecular complexity index is 704. The summed E-state index contributed by atoms with van der Waals surface area (Å²) >= 11 is 0. The van der Waals surface area contributed by atoms with Crippen molar-refractivity contribution in [1.29, 1.82) is 0 Å². The molecular weight excluding hydrogens is 320 g/mol. The van der Waals surface area contributed by atoms with Crippen LogP contribution in [-0.4, -0.2) is 26.8 Å². The molecule has 134 valence electrons. The Kier molecular flexibility index (Phi) is 6.69. The van der Waals surface area contributed by atoms with E-state index in [1.165, 1.54) is 0 Å². The van der Waals surface area contributed by atoms with Gasteiger partial charge in [0, 0.05) is 5.56 Å². The lowest BCUT2D eigenvalue weighted by atomic mass is 10.1. The van der Waals surface area contributed by atoms with E-state index in [4.69, 9.17) is 18.9 Å². The summed E-state index contributed by atoms with van der Waals surface area (Å²) in [5.74, 6) is 1.78. The molecule has 0 spiro atoms. The van der Waals surface area contributed by atoms with E-state index in [2.05, 4.69) is 6.07 Å². The summed E-state index contributed by atoms with van der Waals surface area (Å²) in [4.78, 5) is 11.9. The highest BCUT2D eigenvalue weighted by molar-refractivity contribution is 5.69. The molecule has 0 bridgehead atoms. The van der Waals surface area contributed by atoms with Crippen LogP contribution < -0.4 is 14.2 Å². The molecule has 0 saturated carbocycles. The SMILES string of the molecule is COc1ccc(OC)c(COC(=O)CCOc2cc(C)cc(C)c2)c1. The number of benzene rings is 2. The van der Waals surface area contributed by atoms with E-state index in [1.807, 2.05) is 26.0 Å². The van der Waals surface area contributed by atoms with Crippen LogP contribution in [0.25, 0.3) is 0 Å². The fraction of sp³-hybridized carbons (Fsp3) is 0.350. The highest BCUT2D eigenvalue weighted by atomic mass is 16.5. The molecule has 2 aromatic carbocycles. The zero-order valence-electron chi connectivity index (χ0n) is 15.1. The molecule has 0 N–H and O–H groups in total. The van der Waals surface area contributed by atoms with Crippen molar-refractivity contribution in [1.82, 2.24) is 0 Å². The summed E-state index contributed by atoms with van der Waals surface area (Å²) in [6.45, 7) is 4.42. The van der Waals surface area contributed by atoms with Crippen molar-refractivity contribution < 1.29 is 23.7 Å². The van der Waals surface area contributed by atoms with Crippen molar-refractivity contribution in [2.75, 3.05) is 20.8 Å². The van der Waals surface area contributed by atoms with Gasteiger partial charge in [-0.25, -0.2) is 0 Å². The van der Waals surface area contributed by atoms with E-state index in [9.17, 15) is 4.79 Å². The van der Waals surface area contributed by atoms with Gasteiger partial charge in [-0.15, -0.1) is 0 Å². The van der Waals surface area contributed by atoms with Gasteiger partial charge in [0.15, 0.2) is 0 Å². The summed E-state index contributed by atoms with van der Waals surface area (Å²) in [7, 11) is 3.16. The molecule has 0 aromatic heterocycles. The minimum Gasteiger partial charge on any atom is -0.497 e. The molecule has 0 saturated heterocycles. The minimum atomic E-state index is -0.325. The molecule has 0 aliphatic heterocycles. The van der Waals surface area contributed by atoms with Crippen LogP contribution in [0.15, 0.2) is 36.4 Å². The van der Waals surface area contributed by atoms with Crippen molar-refractivity contribution in [3.05, 3.63) is 53.1 Å². The molecule has 0 aliphatic rings. The second-order valence-electron chi connectivity index (χ2n) is 5.76. The highest BCUT2D eigenvalue weighted by Crippen LogP contribution is 2.24. The number of hydrogen-bond acceptors (Lipinski definition) is 5.